The van der Waals surface area contributed by atoms with Gasteiger partial charge in [0.1, 0.15) is 0 Å². The predicted molar refractivity (Wildman–Crippen MR) is 15.2 cm³/mol. The summed E-state index contributed by atoms with van der Waals surface area (Å²) in [6.07, 6.45) is 0. The first-order valence-corrected chi connectivity index (χ1v) is 3.29. The molecule has 6 nitrogen and oxygen atoms in total. The smallest absolute Gasteiger partial charge is 0.598 e. The van der Waals surface area contributed by atoms with Crippen LogP contribution in [0.1, 0.15) is 0 Å². The van der Waals surface area contributed by atoms with Gasteiger partial charge in [-0.3, -0.25) is 0 Å². The van der Waals surface area contributed by atoms with Gasteiger partial charge in [-0.15, -0.1) is 0 Å². The van der Waals surface area contributed by atoms with Crippen LogP contribution in [-0.4, -0.2) is 0 Å². The first-order chi connectivity index (χ1) is 3.46. The molecule has 0 aliphatic rings. The minimum absolute atomic E-state index is 0. The van der Waals surface area contributed by atoms with Gasteiger partial charge in [0.2, 0.25) is 0 Å². The van der Waals surface area contributed by atoms with Crippen molar-refractivity contribution in [2.24, 2.45) is 0 Å². The summed E-state index contributed by atoms with van der Waals surface area (Å²) < 4.78 is 17.0. The van der Waals surface area contributed by atoms with Crippen molar-refractivity contribution in [2.45, 2.75) is 0 Å². The SMILES string of the molecule is O=[P+]([O-])[O-].O=[P+]([O-])[O-].[Os+4]. The maximum atomic E-state index is 8.48. The van der Waals surface area contributed by atoms with E-state index >= 15 is 0 Å². The van der Waals surface area contributed by atoms with E-state index in [1.54, 1.807) is 0 Å². The van der Waals surface area contributed by atoms with Gasteiger partial charge >= 0.3 is 19.8 Å². The molecular weight excluding hydrogens is 348 g/mol. The van der Waals surface area contributed by atoms with Gasteiger partial charge in [-0.25, -0.2) is 0 Å². The van der Waals surface area contributed by atoms with Crippen molar-refractivity contribution >= 4 is 16.5 Å². The van der Waals surface area contributed by atoms with Gasteiger partial charge in [0.05, 0.1) is 0 Å². The Labute approximate surface area is 65.5 Å². The molecule has 0 bridgehead atoms. The Kier molecular flexibility index (Phi) is 20.8. The first kappa shape index (κ1) is 16.3. The average Bonchev–Trinajstić information content (AvgIpc) is 1.25. The van der Waals surface area contributed by atoms with Crippen molar-refractivity contribution in [1.82, 2.24) is 0 Å². The fraction of sp³-hybridized carbons (Fsp3) is 0. The van der Waals surface area contributed by atoms with E-state index in [1.807, 2.05) is 0 Å². The standard InChI is InChI=1S/2HO3P.Os/c2*1-4(2)3;/h2*(H,1,2,3);/q;;+4/p-2. The summed E-state index contributed by atoms with van der Waals surface area (Å²) in [5.41, 5.74) is 0. The second-order valence-corrected chi connectivity index (χ2v) is 1.34. The normalized spacial score (nSPS) is 5.78. The van der Waals surface area contributed by atoms with E-state index in [1.165, 1.54) is 0 Å². The van der Waals surface area contributed by atoms with Crippen LogP contribution < -0.4 is 19.6 Å². The molecule has 0 N–H and O–H groups in total. The summed E-state index contributed by atoms with van der Waals surface area (Å²) in [6, 6.07) is 0. The Balaban J connectivity index is -0.0000000720. The van der Waals surface area contributed by atoms with E-state index in [4.69, 9.17) is 28.7 Å². The summed E-state index contributed by atoms with van der Waals surface area (Å²) in [7, 11) is -6.74. The van der Waals surface area contributed by atoms with Gasteiger partial charge < -0.3 is 19.6 Å². The molecule has 0 aliphatic carbocycles. The minimum Gasteiger partial charge on any atom is -0.598 e. The molecule has 0 atom stereocenters. The molecule has 0 rings (SSSR count). The molecule has 9 heavy (non-hydrogen) atoms. The van der Waals surface area contributed by atoms with E-state index in [0.29, 0.717) is 0 Å². The molecule has 0 saturated heterocycles. The van der Waals surface area contributed by atoms with Gasteiger partial charge in [-0.1, -0.05) is 9.13 Å². The third-order valence-corrected chi connectivity index (χ3v) is 0. The Morgan fingerprint density at radius 1 is 0.778 bits per heavy atom. The molecule has 9 heteroatoms. The fourth-order valence-electron chi connectivity index (χ4n) is 0. The van der Waals surface area contributed by atoms with E-state index in [9.17, 15) is 0 Å². The summed E-state index contributed by atoms with van der Waals surface area (Å²) >= 11 is 0. The second-order valence-electron chi connectivity index (χ2n) is 0.447. The van der Waals surface area contributed by atoms with Crippen molar-refractivity contribution in [3.8, 4) is 0 Å². The van der Waals surface area contributed by atoms with Crippen LogP contribution in [0.3, 0.4) is 0 Å². The monoisotopic (exact) mass is 350 g/mol. The van der Waals surface area contributed by atoms with Crippen molar-refractivity contribution < 1.29 is 48.5 Å². The minimum atomic E-state index is -3.37. The molecule has 0 saturated carbocycles. The quantitative estimate of drug-likeness (QED) is 0.423. The molecule has 0 aliphatic heterocycles. The summed E-state index contributed by atoms with van der Waals surface area (Å²) in [5.74, 6) is 0. The molecule has 0 radical (unpaired) electrons. The number of hydrogen-bond acceptors (Lipinski definition) is 6. The fourth-order valence-corrected chi connectivity index (χ4v) is 0. The predicted octanol–water partition coefficient (Wildman–Crippen LogP) is -3.27. The Morgan fingerprint density at radius 3 is 0.778 bits per heavy atom. The van der Waals surface area contributed by atoms with Crippen molar-refractivity contribution in [1.29, 1.82) is 0 Å². The summed E-state index contributed by atoms with van der Waals surface area (Å²) in [4.78, 5) is 33.9. The average molecular weight is 348 g/mol. The van der Waals surface area contributed by atoms with E-state index in [2.05, 4.69) is 0 Å². The van der Waals surface area contributed by atoms with Gasteiger partial charge in [0.15, 0.2) is 0 Å². The van der Waals surface area contributed by atoms with Crippen LogP contribution in [0.15, 0.2) is 0 Å². The molecular formula is O6OsP2+2. The molecule has 0 heterocycles. The van der Waals surface area contributed by atoms with Gasteiger partial charge in [-0.05, 0) is 0 Å². The molecule has 0 fully saturated rings. The molecule has 0 aromatic heterocycles. The number of rotatable bonds is 0. The zero-order chi connectivity index (χ0) is 7.15. The van der Waals surface area contributed by atoms with Crippen LogP contribution in [0, 0.1) is 0 Å². The first-order valence-electron chi connectivity index (χ1n) is 1.10. The molecule has 0 amide bonds. The van der Waals surface area contributed by atoms with Crippen LogP contribution in [0.5, 0.6) is 0 Å². The van der Waals surface area contributed by atoms with Gasteiger partial charge in [-0.2, -0.15) is 0 Å². The molecule has 0 unspecified atom stereocenters. The maximum Gasteiger partial charge on any atom is 4.00 e. The van der Waals surface area contributed by atoms with Crippen LogP contribution in [0.25, 0.3) is 0 Å². The van der Waals surface area contributed by atoms with Gasteiger partial charge in [0, 0.05) is 0 Å². The van der Waals surface area contributed by atoms with Crippen molar-refractivity contribution in [3.63, 3.8) is 0 Å². The molecule has 0 spiro atoms. The van der Waals surface area contributed by atoms with Gasteiger partial charge in [0.25, 0.3) is 16.5 Å². The number of hydrogen-bond donors (Lipinski definition) is 0. The zero-order valence-corrected chi connectivity index (χ0v) is 8.03. The van der Waals surface area contributed by atoms with Crippen LogP contribution in [0.2, 0.25) is 0 Å². The van der Waals surface area contributed by atoms with Crippen LogP contribution in [-0.2, 0) is 28.9 Å². The van der Waals surface area contributed by atoms with E-state index in [-0.39, 0.29) is 19.8 Å². The molecule has 0 aromatic rings. The Morgan fingerprint density at radius 2 is 0.778 bits per heavy atom. The summed E-state index contributed by atoms with van der Waals surface area (Å²) in [5, 5.41) is 0. The Bertz CT molecular complexity index is 69.1. The maximum absolute atomic E-state index is 8.48. The van der Waals surface area contributed by atoms with E-state index < -0.39 is 16.5 Å². The van der Waals surface area contributed by atoms with Crippen molar-refractivity contribution in [2.75, 3.05) is 0 Å². The zero-order valence-electron chi connectivity index (χ0n) is 3.70. The second kappa shape index (κ2) is 11.5. The topological polar surface area (TPSA) is 126 Å². The van der Waals surface area contributed by atoms with E-state index in [0.717, 1.165) is 0 Å². The largest absolute Gasteiger partial charge is 4.00 e. The third kappa shape index (κ3) is 845. The molecule has 0 aromatic carbocycles. The van der Waals surface area contributed by atoms with Crippen LogP contribution >= 0.6 is 16.5 Å². The summed E-state index contributed by atoms with van der Waals surface area (Å²) in [6.45, 7) is 0. The third-order valence-electron chi connectivity index (χ3n) is 0. The molecule has 52 valence electrons. The van der Waals surface area contributed by atoms with Crippen LogP contribution in [0.4, 0.5) is 0 Å². The van der Waals surface area contributed by atoms with Crippen molar-refractivity contribution in [3.05, 3.63) is 0 Å². The Hall–Kier alpha value is 0.676.